The largest absolute Gasteiger partial charge is 0.368 e. The second-order valence-electron chi connectivity index (χ2n) is 0.743. The van der Waals surface area contributed by atoms with E-state index in [0.717, 1.165) is 6.92 Å². The average Bonchev–Trinajstić information content (AvgIpc) is 1.35. The van der Waals surface area contributed by atoms with Crippen molar-refractivity contribution in [1.82, 2.24) is 0 Å². The molecule has 0 spiro atoms. The molecule has 0 nitrogen and oxygen atoms in total. The van der Waals surface area contributed by atoms with Gasteiger partial charge >= 0.3 is 7.82 Å². The molecule has 38 valence electrons. The normalized spacial score (nSPS) is 11.3. The molecule has 0 aliphatic heterocycles. The summed E-state index contributed by atoms with van der Waals surface area (Å²) in [5.41, 5.74) is 0. The van der Waals surface area contributed by atoms with Crippen LogP contribution in [0.3, 0.4) is 0 Å². The lowest BCUT2D eigenvalue weighted by atomic mass is 11.0. The summed E-state index contributed by atoms with van der Waals surface area (Å²) in [5.74, 6) is 0.299. The molecule has 0 rings (SSSR count). The molecule has 0 aromatic rings. The van der Waals surface area contributed by atoms with Gasteiger partial charge in [-0.25, -0.2) is 0 Å². The molecule has 0 aliphatic carbocycles. The first-order chi connectivity index (χ1) is 2.56. The molecule has 0 saturated heterocycles. The Morgan fingerprint density at radius 3 is 1.50 bits per heavy atom. The van der Waals surface area contributed by atoms with E-state index in [1.54, 1.807) is 0 Å². The van der Waals surface area contributed by atoms with Crippen LogP contribution in [0.15, 0.2) is 0 Å². The minimum Gasteiger partial charge on any atom is -0.159 e. The molecule has 0 N–H and O–H groups in total. The highest BCUT2D eigenvalue weighted by Gasteiger charge is 2.05. The zero-order valence-corrected chi connectivity index (χ0v) is 4.05. The minimum absolute atomic E-state index is 0.299. The van der Waals surface area contributed by atoms with Gasteiger partial charge in [-0.2, -0.15) is 12.6 Å². The van der Waals surface area contributed by atoms with E-state index < -0.39 is 7.82 Å². The third-order valence-corrected chi connectivity index (χ3v) is 0.878. The molecule has 0 saturated carbocycles. The zero-order valence-electron chi connectivity index (χ0n) is 3.16. The van der Waals surface area contributed by atoms with Crippen LogP contribution < -0.4 is 0 Å². The molecule has 0 atom stereocenters. The number of hydrogen-bond donors (Lipinski definition) is 0. The molecule has 0 bridgehead atoms. The van der Waals surface area contributed by atoms with Gasteiger partial charge < -0.3 is 0 Å². The van der Waals surface area contributed by atoms with Crippen LogP contribution in [-0.2, 0) is 0 Å². The van der Waals surface area contributed by atoms with Crippen molar-refractivity contribution >= 4 is 13.6 Å². The van der Waals surface area contributed by atoms with E-state index in [1.807, 2.05) is 0 Å². The molecule has 6 heavy (non-hydrogen) atoms. The van der Waals surface area contributed by atoms with Crippen molar-refractivity contribution in [1.29, 1.82) is 0 Å². The fourth-order valence-electron chi connectivity index (χ4n) is 0. The first-order valence-corrected chi connectivity index (χ1v) is 2.87. The molecule has 4 heteroatoms. The SMILES string of the molecule is CC=P(F)(F)F. The fraction of sp³-hybridized carbons (Fsp3) is 0.500. The first-order valence-electron chi connectivity index (χ1n) is 1.34. The van der Waals surface area contributed by atoms with E-state index in [-0.39, 0.29) is 0 Å². The maximum Gasteiger partial charge on any atom is 0.368 e. The van der Waals surface area contributed by atoms with Gasteiger partial charge in [-0.05, 0) is 12.7 Å². The van der Waals surface area contributed by atoms with Gasteiger partial charge in [-0.3, -0.25) is 0 Å². The van der Waals surface area contributed by atoms with E-state index in [0.29, 0.717) is 5.80 Å². The van der Waals surface area contributed by atoms with Crippen LogP contribution >= 0.6 is 7.82 Å². The van der Waals surface area contributed by atoms with Crippen molar-refractivity contribution < 1.29 is 12.6 Å². The van der Waals surface area contributed by atoms with Gasteiger partial charge in [0.1, 0.15) is 0 Å². The van der Waals surface area contributed by atoms with Crippen molar-refractivity contribution in [2.75, 3.05) is 0 Å². The van der Waals surface area contributed by atoms with Crippen LogP contribution in [0.1, 0.15) is 6.92 Å². The van der Waals surface area contributed by atoms with Crippen LogP contribution in [0.2, 0.25) is 0 Å². The Balaban J connectivity index is 3.79. The third kappa shape index (κ3) is 4.09. The topological polar surface area (TPSA) is 0 Å². The van der Waals surface area contributed by atoms with Crippen molar-refractivity contribution in [3.63, 3.8) is 0 Å². The van der Waals surface area contributed by atoms with Crippen LogP contribution in [0.25, 0.3) is 0 Å². The van der Waals surface area contributed by atoms with Crippen molar-refractivity contribution in [2.24, 2.45) is 0 Å². The lowest BCUT2D eigenvalue weighted by molar-refractivity contribution is 0.624. The Bertz CT molecular complexity index is 72.5. The lowest BCUT2D eigenvalue weighted by Crippen LogP contribution is -1.50. The van der Waals surface area contributed by atoms with Crippen LogP contribution in [-0.4, -0.2) is 5.80 Å². The van der Waals surface area contributed by atoms with Crippen molar-refractivity contribution in [3.8, 4) is 0 Å². The number of rotatable bonds is 0. The van der Waals surface area contributed by atoms with E-state index >= 15 is 0 Å². The highest BCUT2D eigenvalue weighted by atomic mass is 31.2. The standard InChI is InChI=1S/C2H4F3P/c1-2-6(3,4)5/h2H,1H3. The fourth-order valence-corrected chi connectivity index (χ4v) is 0. The van der Waals surface area contributed by atoms with Gasteiger partial charge in [0.15, 0.2) is 0 Å². The predicted octanol–water partition coefficient (Wildman–Crippen LogP) is 2.48. The molecule has 0 aromatic carbocycles. The van der Waals surface area contributed by atoms with Gasteiger partial charge in [0.2, 0.25) is 0 Å². The third-order valence-electron chi connectivity index (χ3n) is 0.293. The van der Waals surface area contributed by atoms with Crippen molar-refractivity contribution in [3.05, 3.63) is 0 Å². The summed E-state index contributed by atoms with van der Waals surface area (Å²) in [7, 11) is -5.02. The molecule has 0 amide bonds. The molecule has 0 radical (unpaired) electrons. The Hall–Kier alpha value is 0.0900. The highest BCUT2D eigenvalue weighted by Crippen LogP contribution is 2.51. The molecule has 0 fully saturated rings. The smallest absolute Gasteiger partial charge is 0.159 e. The van der Waals surface area contributed by atoms with E-state index in [1.165, 1.54) is 0 Å². The first kappa shape index (κ1) is 6.09. The van der Waals surface area contributed by atoms with E-state index in [4.69, 9.17) is 0 Å². The maximum absolute atomic E-state index is 10.8. The van der Waals surface area contributed by atoms with Gasteiger partial charge in [-0.1, -0.05) is 0 Å². The van der Waals surface area contributed by atoms with Gasteiger partial charge in [0, 0.05) is 0 Å². The minimum atomic E-state index is -5.02. The summed E-state index contributed by atoms with van der Waals surface area (Å²) in [5, 5.41) is 0. The van der Waals surface area contributed by atoms with Gasteiger partial charge in [0.05, 0.1) is 0 Å². The van der Waals surface area contributed by atoms with Gasteiger partial charge in [-0.15, -0.1) is 0 Å². The van der Waals surface area contributed by atoms with E-state index in [9.17, 15) is 12.6 Å². The second kappa shape index (κ2) is 1.69. The average molecular weight is 116 g/mol. The molecule has 0 aliphatic rings. The predicted molar refractivity (Wildman–Crippen MR) is 22.0 cm³/mol. The molecular weight excluding hydrogens is 112 g/mol. The molecule has 0 heterocycles. The zero-order chi connectivity index (χ0) is 5.21. The Morgan fingerprint density at radius 1 is 1.33 bits per heavy atom. The second-order valence-corrected chi connectivity index (χ2v) is 2.23. The highest BCUT2D eigenvalue weighted by molar-refractivity contribution is 7.59. The molecule has 0 unspecified atom stereocenters. The monoisotopic (exact) mass is 116 g/mol. The molecular formula is C2H4F3P. The van der Waals surface area contributed by atoms with Crippen molar-refractivity contribution in [2.45, 2.75) is 6.92 Å². The lowest BCUT2D eigenvalue weighted by Gasteiger charge is -1.82. The number of hydrogen-bond acceptors (Lipinski definition) is 0. The quantitative estimate of drug-likeness (QED) is 0.426. The molecule has 0 aromatic heterocycles. The van der Waals surface area contributed by atoms with Crippen LogP contribution in [0.4, 0.5) is 12.6 Å². The summed E-state index contributed by atoms with van der Waals surface area (Å²) in [6.07, 6.45) is 0. The van der Waals surface area contributed by atoms with E-state index in [2.05, 4.69) is 0 Å². The van der Waals surface area contributed by atoms with Gasteiger partial charge in [0.25, 0.3) is 0 Å². The Morgan fingerprint density at radius 2 is 1.50 bits per heavy atom. The Kier molecular flexibility index (Phi) is 1.72. The van der Waals surface area contributed by atoms with Crippen LogP contribution in [0.5, 0.6) is 0 Å². The van der Waals surface area contributed by atoms with Crippen LogP contribution in [0, 0.1) is 0 Å². The summed E-state index contributed by atoms with van der Waals surface area (Å²) in [6, 6.07) is 0. The number of halogens is 3. The summed E-state index contributed by atoms with van der Waals surface area (Å²) >= 11 is 0. The summed E-state index contributed by atoms with van der Waals surface area (Å²) in [4.78, 5) is 0. The summed E-state index contributed by atoms with van der Waals surface area (Å²) in [6.45, 7) is 1.01. The Labute approximate surface area is 34.3 Å². The summed E-state index contributed by atoms with van der Waals surface area (Å²) < 4.78 is 32.5. The maximum atomic E-state index is 10.8.